The SMILES string of the molecule is CCC(N)O[Si](C)(CCCN)OC. The van der Waals surface area contributed by atoms with Crippen LogP contribution in [0.5, 0.6) is 0 Å². The van der Waals surface area contributed by atoms with Gasteiger partial charge in [0.2, 0.25) is 0 Å². The van der Waals surface area contributed by atoms with Crippen molar-refractivity contribution in [3.05, 3.63) is 0 Å². The molecule has 0 aliphatic rings. The Balaban J connectivity index is 3.94. The molecule has 0 saturated heterocycles. The van der Waals surface area contributed by atoms with Gasteiger partial charge >= 0.3 is 8.56 Å². The van der Waals surface area contributed by atoms with Crippen molar-refractivity contribution in [2.24, 2.45) is 11.5 Å². The van der Waals surface area contributed by atoms with Crippen molar-refractivity contribution >= 4 is 8.56 Å². The largest absolute Gasteiger partial charge is 0.398 e. The van der Waals surface area contributed by atoms with Crippen LogP contribution in [0.15, 0.2) is 0 Å². The first-order chi connectivity index (χ1) is 6.08. The minimum absolute atomic E-state index is 0.200. The molecule has 4 N–H and O–H groups in total. The lowest BCUT2D eigenvalue weighted by Crippen LogP contribution is -2.44. The molecule has 0 heterocycles. The summed E-state index contributed by atoms with van der Waals surface area (Å²) >= 11 is 0. The zero-order valence-electron chi connectivity index (χ0n) is 8.88. The molecule has 80 valence electrons. The maximum absolute atomic E-state index is 5.71. The van der Waals surface area contributed by atoms with Crippen LogP contribution in [-0.2, 0) is 8.85 Å². The standard InChI is InChI=1S/C8H22N2O2Si/c1-4-8(10)12-13(3,11-2)7-5-6-9/h8H,4-7,9-10H2,1-3H3. The predicted molar refractivity (Wildman–Crippen MR) is 56.5 cm³/mol. The maximum atomic E-state index is 5.71. The van der Waals surface area contributed by atoms with Crippen LogP contribution in [0.1, 0.15) is 19.8 Å². The van der Waals surface area contributed by atoms with Crippen LogP contribution in [0.2, 0.25) is 12.6 Å². The second-order valence-corrected chi connectivity index (χ2v) is 6.71. The molecule has 0 aromatic carbocycles. The van der Waals surface area contributed by atoms with Crippen molar-refractivity contribution in [2.75, 3.05) is 13.7 Å². The molecule has 0 radical (unpaired) electrons. The summed E-state index contributed by atoms with van der Waals surface area (Å²) in [5, 5.41) is 0. The highest BCUT2D eigenvalue weighted by atomic mass is 28.4. The van der Waals surface area contributed by atoms with Crippen LogP contribution < -0.4 is 11.5 Å². The van der Waals surface area contributed by atoms with Crippen molar-refractivity contribution in [3.8, 4) is 0 Å². The number of hydrogen-bond donors (Lipinski definition) is 2. The van der Waals surface area contributed by atoms with E-state index in [0.29, 0.717) is 6.54 Å². The Kier molecular flexibility index (Phi) is 6.53. The molecule has 0 amide bonds. The summed E-state index contributed by atoms with van der Waals surface area (Å²) < 4.78 is 11.1. The normalized spacial score (nSPS) is 18.2. The molecule has 0 aliphatic heterocycles. The molecule has 0 aromatic heterocycles. The van der Waals surface area contributed by atoms with Crippen molar-refractivity contribution in [2.45, 2.75) is 38.6 Å². The minimum Gasteiger partial charge on any atom is -0.398 e. The van der Waals surface area contributed by atoms with Gasteiger partial charge < -0.3 is 20.3 Å². The number of hydrogen-bond acceptors (Lipinski definition) is 4. The molecule has 2 atom stereocenters. The van der Waals surface area contributed by atoms with Crippen molar-refractivity contribution < 1.29 is 8.85 Å². The van der Waals surface area contributed by atoms with Gasteiger partial charge in [-0.2, -0.15) is 0 Å². The topological polar surface area (TPSA) is 70.5 Å². The third-order valence-electron chi connectivity index (χ3n) is 2.07. The van der Waals surface area contributed by atoms with E-state index < -0.39 is 8.56 Å². The molecular weight excluding hydrogens is 184 g/mol. The molecule has 0 aliphatic carbocycles. The Morgan fingerprint density at radius 3 is 2.46 bits per heavy atom. The molecule has 2 unspecified atom stereocenters. The predicted octanol–water partition coefficient (Wildman–Crippen LogP) is 0.765. The molecule has 0 spiro atoms. The molecule has 4 nitrogen and oxygen atoms in total. The minimum atomic E-state index is -2.03. The lowest BCUT2D eigenvalue weighted by Gasteiger charge is -2.28. The summed E-state index contributed by atoms with van der Waals surface area (Å²) in [6, 6.07) is 0.910. The fraction of sp³-hybridized carbons (Fsp3) is 1.00. The first-order valence-electron chi connectivity index (χ1n) is 4.76. The first kappa shape index (κ1) is 13.1. The van der Waals surface area contributed by atoms with Gasteiger partial charge in [-0.05, 0) is 32.0 Å². The van der Waals surface area contributed by atoms with Gasteiger partial charge in [0.15, 0.2) is 0 Å². The van der Waals surface area contributed by atoms with E-state index in [0.717, 1.165) is 18.9 Å². The summed E-state index contributed by atoms with van der Waals surface area (Å²) in [4.78, 5) is 0. The Morgan fingerprint density at radius 1 is 1.46 bits per heavy atom. The average Bonchev–Trinajstić information content (AvgIpc) is 2.14. The molecule has 5 heteroatoms. The van der Waals surface area contributed by atoms with E-state index >= 15 is 0 Å². The van der Waals surface area contributed by atoms with E-state index in [9.17, 15) is 0 Å². The first-order valence-corrected chi connectivity index (χ1v) is 7.29. The molecule has 13 heavy (non-hydrogen) atoms. The summed E-state index contributed by atoms with van der Waals surface area (Å²) in [5.74, 6) is 0. The Bertz CT molecular complexity index is 137. The second-order valence-electron chi connectivity index (χ2n) is 3.29. The van der Waals surface area contributed by atoms with Crippen molar-refractivity contribution in [1.29, 1.82) is 0 Å². The van der Waals surface area contributed by atoms with E-state index in [1.807, 2.05) is 13.5 Å². The van der Waals surface area contributed by atoms with E-state index in [-0.39, 0.29) is 6.23 Å². The molecule has 0 saturated carbocycles. The van der Waals surface area contributed by atoms with Crippen LogP contribution in [0.25, 0.3) is 0 Å². The highest BCUT2D eigenvalue weighted by Gasteiger charge is 2.31. The van der Waals surface area contributed by atoms with E-state index in [1.165, 1.54) is 0 Å². The van der Waals surface area contributed by atoms with Crippen LogP contribution in [0.3, 0.4) is 0 Å². The van der Waals surface area contributed by atoms with Crippen LogP contribution >= 0.6 is 0 Å². The summed E-state index contributed by atoms with van der Waals surface area (Å²) in [6.07, 6.45) is 1.55. The van der Waals surface area contributed by atoms with Gasteiger partial charge in [-0.3, -0.25) is 0 Å². The van der Waals surface area contributed by atoms with Gasteiger partial charge in [0.25, 0.3) is 0 Å². The molecule has 0 fully saturated rings. The zero-order valence-corrected chi connectivity index (χ0v) is 9.88. The smallest absolute Gasteiger partial charge is 0.335 e. The molecule has 0 bridgehead atoms. The monoisotopic (exact) mass is 206 g/mol. The number of rotatable bonds is 7. The lowest BCUT2D eigenvalue weighted by molar-refractivity contribution is 0.133. The van der Waals surface area contributed by atoms with Gasteiger partial charge in [0.05, 0.1) is 6.23 Å². The number of nitrogens with two attached hydrogens (primary N) is 2. The van der Waals surface area contributed by atoms with Crippen molar-refractivity contribution in [3.63, 3.8) is 0 Å². The molecular formula is C8H22N2O2Si. The van der Waals surface area contributed by atoms with Crippen LogP contribution in [0.4, 0.5) is 0 Å². The van der Waals surface area contributed by atoms with Gasteiger partial charge in [-0.15, -0.1) is 0 Å². The van der Waals surface area contributed by atoms with E-state index in [4.69, 9.17) is 20.3 Å². The summed E-state index contributed by atoms with van der Waals surface area (Å²) in [5.41, 5.74) is 11.1. The Labute approximate surface area is 81.8 Å². The van der Waals surface area contributed by atoms with Crippen molar-refractivity contribution in [1.82, 2.24) is 0 Å². The third kappa shape index (κ3) is 5.38. The summed E-state index contributed by atoms with van der Waals surface area (Å²) in [7, 11) is -0.348. The van der Waals surface area contributed by atoms with E-state index in [1.54, 1.807) is 7.11 Å². The van der Waals surface area contributed by atoms with Gasteiger partial charge in [-0.25, -0.2) is 0 Å². The van der Waals surface area contributed by atoms with Gasteiger partial charge in [-0.1, -0.05) is 6.92 Å². The maximum Gasteiger partial charge on any atom is 0.335 e. The highest BCUT2D eigenvalue weighted by Crippen LogP contribution is 2.16. The highest BCUT2D eigenvalue weighted by molar-refractivity contribution is 6.66. The fourth-order valence-corrected chi connectivity index (χ4v) is 3.11. The fourth-order valence-electron chi connectivity index (χ4n) is 1.04. The van der Waals surface area contributed by atoms with Gasteiger partial charge in [0, 0.05) is 7.11 Å². The third-order valence-corrected chi connectivity index (χ3v) is 5.00. The molecule has 0 aromatic rings. The lowest BCUT2D eigenvalue weighted by atomic mass is 10.5. The van der Waals surface area contributed by atoms with Crippen LogP contribution in [-0.4, -0.2) is 28.4 Å². The van der Waals surface area contributed by atoms with Gasteiger partial charge in [0.1, 0.15) is 0 Å². The molecule has 0 rings (SSSR count). The zero-order chi connectivity index (χ0) is 10.3. The van der Waals surface area contributed by atoms with Crippen LogP contribution in [0, 0.1) is 0 Å². The Hall–Kier alpha value is 0.0569. The average molecular weight is 206 g/mol. The second kappa shape index (κ2) is 6.50. The summed E-state index contributed by atoms with van der Waals surface area (Å²) in [6.45, 7) is 4.70. The Morgan fingerprint density at radius 2 is 2.08 bits per heavy atom. The quantitative estimate of drug-likeness (QED) is 0.477. The van der Waals surface area contributed by atoms with E-state index in [2.05, 4.69) is 0 Å².